The summed E-state index contributed by atoms with van der Waals surface area (Å²) in [6, 6.07) is -0.917. The summed E-state index contributed by atoms with van der Waals surface area (Å²) in [7, 11) is 1.51. The van der Waals surface area contributed by atoms with Gasteiger partial charge in [0.15, 0.2) is 5.78 Å². The van der Waals surface area contributed by atoms with Crippen LogP contribution in [-0.4, -0.2) is 46.0 Å². The van der Waals surface area contributed by atoms with E-state index in [4.69, 9.17) is 0 Å². The largest absolute Gasteiger partial charge is 0.511 e. The SMILES string of the molecule is C[C@@H]1CC[C@@H]2[C@H](C=C[C@@H](C)[C@@]2(C)/C(O)=C2/C(=O)[C@H]([C@H](C)O)N(C)C2=O)C1. The second kappa shape index (κ2) is 6.52. The number of amides is 1. The molecule has 1 aliphatic heterocycles. The predicted octanol–water partition coefficient (Wildman–Crippen LogP) is 2.85. The van der Waals surface area contributed by atoms with E-state index in [-0.39, 0.29) is 23.2 Å². The van der Waals surface area contributed by atoms with Crippen molar-refractivity contribution in [3.63, 3.8) is 0 Å². The van der Waals surface area contributed by atoms with Crippen LogP contribution in [0.1, 0.15) is 47.0 Å². The number of hydrogen-bond donors (Lipinski definition) is 2. The first-order valence-corrected chi connectivity index (χ1v) is 9.72. The molecule has 3 rings (SSSR count). The van der Waals surface area contributed by atoms with E-state index in [0.29, 0.717) is 11.8 Å². The van der Waals surface area contributed by atoms with Gasteiger partial charge in [-0.25, -0.2) is 0 Å². The highest BCUT2D eigenvalue weighted by Crippen LogP contribution is 2.55. The minimum atomic E-state index is -0.971. The van der Waals surface area contributed by atoms with E-state index in [9.17, 15) is 19.8 Å². The van der Waals surface area contributed by atoms with Crippen LogP contribution in [0, 0.1) is 29.1 Å². The van der Waals surface area contributed by atoms with Crippen molar-refractivity contribution in [3.05, 3.63) is 23.5 Å². The van der Waals surface area contributed by atoms with Gasteiger partial charge in [-0.05, 0) is 43.4 Å². The van der Waals surface area contributed by atoms with Gasteiger partial charge in [0.1, 0.15) is 17.4 Å². The maximum atomic E-state index is 12.9. The lowest BCUT2D eigenvalue weighted by atomic mass is 9.54. The molecule has 1 saturated heterocycles. The van der Waals surface area contributed by atoms with Gasteiger partial charge in [-0.15, -0.1) is 0 Å². The molecule has 5 heteroatoms. The zero-order valence-electron chi connectivity index (χ0n) is 16.4. The topological polar surface area (TPSA) is 77.8 Å². The third-order valence-corrected chi connectivity index (χ3v) is 7.20. The molecule has 144 valence electrons. The van der Waals surface area contributed by atoms with E-state index >= 15 is 0 Å². The second-order valence-electron chi connectivity index (χ2n) is 8.83. The van der Waals surface area contributed by atoms with Crippen molar-refractivity contribution in [2.75, 3.05) is 7.05 Å². The summed E-state index contributed by atoms with van der Waals surface area (Å²) >= 11 is 0. The number of fused-ring (bicyclic) bond motifs is 1. The fourth-order valence-electron chi connectivity index (χ4n) is 5.38. The molecule has 2 aliphatic carbocycles. The Morgan fingerprint density at radius 3 is 2.50 bits per heavy atom. The van der Waals surface area contributed by atoms with Gasteiger partial charge in [0.05, 0.1) is 6.10 Å². The van der Waals surface area contributed by atoms with E-state index in [1.807, 2.05) is 13.8 Å². The van der Waals surface area contributed by atoms with Gasteiger partial charge in [0, 0.05) is 12.5 Å². The van der Waals surface area contributed by atoms with Crippen LogP contribution in [0.2, 0.25) is 0 Å². The summed E-state index contributed by atoms with van der Waals surface area (Å²) in [4.78, 5) is 26.8. The van der Waals surface area contributed by atoms with Gasteiger partial charge in [0.25, 0.3) is 5.91 Å². The average molecular weight is 361 g/mol. The smallest absolute Gasteiger partial charge is 0.261 e. The lowest BCUT2D eigenvalue weighted by Crippen LogP contribution is -2.45. The maximum absolute atomic E-state index is 12.9. The molecule has 0 bridgehead atoms. The van der Waals surface area contributed by atoms with Crippen molar-refractivity contribution in [3.8, 4) is 0 Å². The molecule has 5 nitrogen and oxygen atoms in total. The Labute approximate surface area is 155 Å². The number of nitrogens with zero attached hydrogens (tertiary/aromatic N) is 1. The standard InChI is InChI=1S/C21H31NO4/c1-11-6-9-15-14(10-11)8-7-12(2)21(15,4)19(25)16-18(24)17(13(3)23)22(5)20(16)26/h7-8,11-15,17,23,25H,6,9-10H2,1-5H3/b19-16+/t11-,12-,13+,14-,15-,17+,21-/m1/s1. The van der Waals surface area contributed by atoms with E-state index in [1.165, 1.54) is 18.9 Å². The van der Waals surface area contributed by atoms with Gasteiger partial charge >= 0.3 is 0 Å². The Bertz CT molecular complexity index is 679. The van der Waals surface area contributed by atoms with E-state index in [2.05, 4.69) is 19.1 Å². The normalized spacial score (nSPS) is 43.5. The molecule has 0 aromatic heterocycles. The number of aliphatic hydroxyl groups excluding tert-OH is 2. The zero-order chi connectivity index (χ0) is 19.4. The number of Topliss-reactive ketones (excluding diaryl/α,β-unsaturated/α-hetero) is 1. The molecule has 1 heterocycles. The molecular weight excluding hydrogens is 330 g/mol. The number of allylic oxidation sites excluding steroid dienone is 3. The van der Waals surface area contributed by atoms with E-state index in [1.54, 1.807) is 0 Å². The number of carbonyl (C=O) groups is 2. The molecular formula is C21H31NO4. The monoisotopic (exact) mass is 361 g/mol. The van der Waals surface area contributed by atoms with Gasteiger partial charge in [-0.1, -0.05) is 39.3 Å². The Hall–Kier alpha value is -1.62. The summed E-state index contributed by atoms with van der Waals surface area (Å²) in [5.41, 5.74) is -0.769. The number of carbonyl (C=O) groups excluding carboxylic acids is 2. The van der Waals surface area contributed by atoms with Crippen molar-refractivity contribution >= 4 is 11.7 Å². The summed E-state index contributed by atoms with van der Waals surface area (Å²) in [5, 5.41) is 21.2. The molecule has 1 saturated carbocycles. The van der Waals surface area contributed by atoms with E-state index < -0.39 is 29.3 Å². The average Bonchev–Trinajstić information content (AvgIpc) is 2.79. The number of hydrogen-bond acceptors (Lipinski definition) is 4. The number of likely N-dealkylation sites (N-methyl/N-ethyl adjacent to an activating group) is 1. The number of rotatable bonds is 2. The fraction of sp³-hybridized carbons (Fsp3) is 0.714. The minimum absolute atomic E-state index is 0.0289. The van der Waals surface area contributed by atoms with Crippen LogP contribution in [0.4, 0.5) is 0 Å². The molecule has 0 spiro atoms. The molecule has 26 heavy (non-hydrogen) atoms. The third kappa shape index (κ3) is 2.63. The van der Waals surface area contributed by atoms with Crippen LogP contribution in [0.25, 0.3) is 0 Å². The van der Waals surface area contributed by atoms with Crippen LogP contribution in [0.15, 0.2) is 23.5 Å². The van der Waals surface area contributed by atoms with Gasteiger partial charge in [0.2, 0.25) is 0 Å². The van der Waals surface area contributed by atoms with Crippen molar-refractivity contribution < 1.29 is 19.8 Å². The molecule has 7 atom stereocenters. The molecule has 0 radical (unpaired) electrons. The van der Waals surface area contributed by atoms with Crippen LogP contribution in [-0.2, 0) is 9.59 Å². The van der Waals surface area contributed by atoms with Crippen molar-refractivity contribution in [2.24, 2.45) is 29.1 Å². The summed E-state index contributed by atoms with van der Waals surface area (Å²) in [5.74, 6) is 0.219. The Balaban J connectivity index is 2.08. The predicted molar refractivity (Wildman–Crippen MR) is 99.3 cm³/mol. The molecule has 3 aliphatic rings. The highest BCUT2D eigenvalue weighted by Gasteiger charge is 2.54. The first kappa shape index (κ1) is 19.2. The summed E-state index contributed by atoms with van der Waals surface area (Å²) < 4.78 is 0. The second-order valence-corrected chi connectivity index (χ2v) is 8.83. The van der Waals surface area contributed by atoms with Crippen molar-refractivity contribution in [1.82, 2.24) is 4.90 Å². The molecule has 1 amide bonds. The van der Waals surface area contributed by atoms with Crippen LogP contribution in [0.3, 0.4) is 0 Å². The molecule has 0 aromatic carbocycles. The summed E-state index contributed by atoms with van der Waals surface area (Å²) in [6.45, 7) is 7.79. The first-order valence-electron chi connectivity index (χ1n) is 9.72. The van der Waals surface area contributed by atoms with Crippen molar-refractivity contribution in [2.45, 2.75) is 59.1 Å². The summed E-state index contributed by atoms with van der Waals surface area (Å²) in [6.07, 6.45) is 6.56. The lowest BCUT2D eigenvalue weighted by molar-refractivity contribution is -0.128. The van der Waals surface area contributed by atoms with Gasteiger partial charge in [-0.3, -0.25) is 9.59 Å². The Morgan fingerprint density at radius 2 is 1.92 bits per heavy atom. The Morgan fingerprint density at radius 1 is 1.27 bits per heavy atom. The maximum Gasteiger partial charge on any atom is 0.261 e. The molecule has 2 fully saturated rings. The van der Waals surface area contributed by atoms with E-state index in [0.717, 1.165) is 19.3 Å². The molecule has 0 unspecified atom stereocenters. The number of aliphatic hydroxyl groups is 2. The lowest BCUT2D eigenvalue weighted by Gasteiger charge is -2.50. The van der Waals surface area contributed by atoms with Crippen LogP contribution >= 0.6 is 0 Å². The van der Waals surface area contributed by atoms with Gasteiger partial charge in [-0.2, -0.15) is 0 Å². The molecule has 2 N–H and O–H groups in total. The quantitative estimate of drug-likeness (QED) is 0.343. The number of ketones is 1. The van der Waals surface area contributed by atoms with Crippen molar-refractivity contribution in [1.29, 1.82) is 0 Å². The third-order valence-electron chi connectivity index (χ3n) is 7.20. The Kier molecular flexibility index (Phi) is 4.80. The van der Waals surface area contributed by atoms with Crippen LogP contribution < -0.4 is 0 Å². The first-order chi connectivity index (χ1) is 12.1. The zero-order valence-corrected chi connectivity index (χ0v) is 16.4. The fourth-order valence-corrected chi connectivity index (χ4v) is 5.38. The molecule has 0 aromatic rings. The highest BCUT2D eigenvalue weighted by molar-refractivity contribution is 6.27. The van der Waals surface area contributed by atoms with Gasteiger partial charge < -0.3 is 15.1 Å². The minimum Gasteiger partial charge on any atom is -0.511 e. The number of likely N-dealkylation sites (tertiary alicyclic amines) is 1. The highest BCUT2D eigenvalue weighted by atomic mass is 16.3. The van der Waals surface area contributed by atoms with Crippen LogP contribution in [0.5, 0.6) is 0 Å².